The molecule has 1 amide bonds. The molecule has 3 N–H and O–H groups in total. The first kappa shape index (κ1) is 14.4. The van der Waals surface area contributed by atoms with Crippen LogP contribution < -0.4 is 11.3 Å². The summed E-state index contributed by atoms with van der Waals surface area (Å²) in [5.74, 6) is 5.93. The minimum atomic E-state index is -0.381. The van der Waals surface area contributed by atoms with Crippen molar-refractivity contribution >= 4 is 28.6 Å². The molecule has 0 aliphatic carbocycles. The number of hydrogen-bond acceptors (Lipinski definition) is 5. The molecule has 0 unspecified atom stereocenters. The predicted molar refractivity (Wildman–Crippen MR) is 83.0 cm³/mol. The number of hydrazine groups is 1. The highest BCUT2D eigenvalue weighted by Crippen LogP contribution is 2.32. The Morgan fingerprint density at radius 2 is 2.10 bits per heavy atom. The Morgan fingerprint density at radius 3 is 2.86 bits per heavy atom. The van der Waals surface area contributed by atoms with Crippen molar-refractivity contribution < 1.29 is 13.9 Å². The van der Waals surface area contributed by atoms with Gasteiger partial charge in [0.05, 0.1) is 0 Å². The molecule has 1 aromatic heterocycles. The molecule has 6 heteroatoms. The van der Waals surface area contributed by atoms with Gasteiger partial charge in [-0.05, 0) is 18.9 Å². The topological polar surface area (TPSA) is 77.5 Å². The van der Waals surface area contributed by atoms with E-state index in [1.54, 1.807) is 0 Å². The predicted octanol–water partition coefficient (Wildman–Crippen LogP) is 2.45. The van der Waals surface area contributed by atoms with Crippen molar-refractivity contribution in [2.45, 2.75) is 23.8 Å². The quantitative estimate of drug-likeness (QED) is 0.515. The van der Waals surface area contributed by atoms with Gasteiger partial charge in [-0.15, -0.1) is 0 Å². The number of carbonyl (C=O) groups excluding carboxylic acids is 1. The van der Waals surface area contributed by atoms with Crippen LogP contribution in [0.5, 0.6) is 0 Å². The van der Waals surface area contributed by atoms with Crippen LogP contribution in [-0.4, -0.2) is 24.4 Å². The van der Waals surface area contributed by atoms with Crippen molar-refractivity contribution in [3.63, 3.8) is 0 Å². The van der Waals surface area contributed by atoms with Gasteiger partial charge in [0, 0.05) is 35.2 Å². The molecule has 0 spiro atoms. The van der Waals surface area contributed by atoms with E-state index in [0.29, 0.717) is 11.0 Å². The number of furan rings is 1. The van der Waals surface area contributed by atoms with E-state index >= 15 is 0 Å². The number of nitrogen functional groups attached to an aromatic ring is 1. The first-order valence-corrected chi connectivity index (χ1v) is 8.05. The molecule has 21 heavy (non-hydrogen) atoms. The van der Waals surface area contributed by atoms with E-state index in [9.17, 15) is 4.79 Å². The molecule has 1 fully saturated rings. The van der Waals surface area contributed by atoms with Gasteiger partial charge in [-0.1, -0.05) is 18.2 Å². The van der Waals surface area contributed by atoms with Crippen molar-refractivity contribution in [3.05, 3.63) is 35.6 Å². The molecule has 1 aliphatic rings. The van der Waals surface area contributed by atoms with Crippen molar-refractivity contribution in [1.29, 1.82) is 0 Å². The number of rotatable bonds is 4. The van der Waals surface area contributed by atoms with Gasteiger partial charge in [0.1, 0.15) is 5.58 Å². The lowest BCUT2D eigenvalue weighted by Crippen LogP contribution is -2.30. The zero-order chi connectivity index (χ0) is 14.7. The van der Waals surface area contributed by atoms with Crippen LogP contribution in [0.4, 0.5) is 0 Å². The molecule has 112 valence electrons. The van der Waals surface area contributed by atoms with Gasteiger partial charge < -0.3 is 9.15 Å². The van der Waals surface area contributed by atoms with Gasteiger partial charge >= 0.3 is 5.91 Å². The van der Waals surface area contributed by atoms with Crippen molar-refractivity contribution in [2.24, 2.45) is 5.84 Å². The highest BCUT2D eigenvalue weighted by molar-refractivity contribution is 7.99. The van der Waals surface area contributed by atoms with Gasteiger partial charge in [0.2, 0.25) is 0 Å². The Kier molecular flexibility index (Phi) is 4.48. The number of carbonyl (C=O) groups is 1. The Balaban J connectivity index is 1.85. The molecule has 0 saturated carbocycles. The fraction of sp³-hybridized carbons (Fsp3) is 0.400. The molecular formula is C15H18N2O3S. The SMILES string of the molecule is NNC(=O)c1oc2ccccc2c1CSC1CCOCC1. The monoisotopic (exact) mass is 306 g/mol. The number of ether oxygens (including phenoxy) is 1. The Hall–Kier alpha value is -1.50. The Labute approximate surface area is 127 Å². The normalized spacial score (nSPS) is 16.2. The summed E-state index contributed by atoms with van der Waals surface area (Å²) in [7, 11) is 0. The van der Waals surface area contributed by atoms with E-state index in [1.165, 1.54) is 0 Å². The van der Waals surface area contributed by atoms with Crippen LogP contribution in [0.25, 0.3) is 11.0 Å². The number of benzene rings is 1. The maximum absolute atomic E-state index is 11.9. The Morgan fingerprint density at radius 1 is 1.33 bits per heavy atom. The average Bonchev–Trinajstić information content (AvgIpc) is 2.92. The number of thioether (sulfide) groups is 1. The van der Waals surface area contributed by atoms with Crippen molar-refractivity contribution in [1.82, 2.24) is 5.43 Å². The number of fused-ring (bicyclic) bond motifs is 1. The number of amides is 1. The second-order valence-electron chi connectivity index (χ2n) is 5.00. The molecular weight excluding hydrogens is 288 g/mol. The minimum absolute atomic E-state index is 0.318. The summed E-state index contributed by atoms with van der Waals surface area (Å²) in [6.07, 6.45) is 2.11. The summed E-state index contributed by atoms with van der Waals surface area (Å²) < 4.78 is 11.0. The van der Waals surface area contributed by atoms with Crippen LogP contribution in [0.2, 0.25) is 0 Å². The summed E-state index contributed by atoms with van der Waals surface area (Å²) in [5, 5.41) is 1.55. The van der Waals surface area contributed by atoms with Crippen LogP contribution in [0.1, 0.15) is 29.0 Å². The first-order valence-electron chi connectivity index (χ1n) is 7.00. The molecule has 3 rings (SSSR count). The minimum Gasteiger partial charge on any atom is -0.451 e. The molecule has 1 aromatic carbocycles. The lowest BCUT2D eigenvalue weighted by molar-refractivity contribution is 0.0927. The third kappa shape index (κ3) is 3.07. The van der Waals surface area contributed by atoms with Crippen LogP contribution in [0.3, 0.4) is 0 Å². The maximum atomic E-state index is 11.9. The molecule has 0 bridgehead atoms. The highest BCUT2D eigenvalue weighted by Gasteiger charge is 2.22. The molecule has 2 heterocycles. The molecule has 0 radical (unpaired) electrons. The summed E-state index contributed by atoms with van der Waals surface area (Å²) in [4.78, 5) is 11.9. The van der Waals surface area contributed by atoms with E-state index in [1.807, 2.05) is 36.0 Å². The first-order chi connectivity index (χ1) is 10.3. The van der Waals surface area contributed by atoms with Crippen molar-refractivity contribution in [3.8, 4) is 0 Å². The van der Waals surface area contributed by atoms with E-state index < -0.39 is 0 Å². The standard InChI is InChI=1S/C15H18N2O3S/c16-17-15(18)14-12(9-21-10-5-7-19-8-6-10)11-3-1-2-4-13(11)20-14/h1-4,10H,5-9,16H2,(H,17,18). The number of nitrogens with one attached hydrogen (secondary N) is 1. The second-order valence-corrected chi connectivity index (χ2v) is 6.29. The summed E-state index contributed by atoms with van der Waals surface area (Å²) in [6, 6.07) is 7.69. The molecule has 5 nitrogen and oxygen atoms in total. The molecule has 2 aromatic rings. The van der Waals surface area contributed by atoms with E-state index in [4.69, 9.17) is 15.0 Å². The molecule has 0 atom stereocenters. The van der Waals surface area contributed by atoms with Crippen molar-refractivity contribution in [2.75, 3.05) is 13.2 Å². The third-order valence-corrected chi connectivity index (χ3v) is 5.07. The van der Waals surface area contributed by atoms with E-state index in [-0.39, 0.29) is 5.91 Å². The smallest absolute Gasteiger partial charge is 0.301 e. The fourth-order valence-corrected chi connectivity index (χ4v) is 3.75. The zero-order valence-electron chi connectivity index (χ0n) is 11.6. The highest BCUT2D eigenvalue weighted by atomic mass is 32.2. The zero-order valence-corrected chi connectivity index (χ0v) is 12.4. The van der Waals surface area contributed by atoms with Crippen LogP contribution in [-0.2, 0) is 10.5 Å². The van der Waals surface area contributed by atoms with E-state index in [2.05, 4.69) is 5.43 Å². The van der Waals surface area contributed by atoms with E-state index in [0.717, 1.165) is 48.3 Å². The summed E-state index contributed by atoms with van der Waals surface area (Å²) >= 11 is 1.85. The average molecular weight is 306 g/mol. The van der Waals surface area contributed by atoms with Gasteiger partial charge in [-0.2, -0.15) is 11.8 Å². The van der Waals surface area contributed by atoms with Crippen LogP contribution >= 0.6 is 11.8 Å². The third-order valence-electron chi connectivity index (χ3n) is 3.67. The van der Waals surface area contributed by atoms with Crippen LogP contribution in [0.15, 0.2) is 28.7 Å². The summed E-state index contributed by atoms with van der Waals surface area (Å²) in [5.41, 5.74) is 3.80. The lowest BCUT2D eigenvalue weighted by Gasteiger charge is -2.21. The fourth-order valence-electron chi connectivity index (χ4n) is 2.53. The maximum Gasteiger partial charge on any atom is 0.301 e. The Bertz CT molecular complexity index is 635. The lowest BCUT2D eigenvalue weighted by atomic mass is 10.1. The van der Waals surface area contributed by atoms with Gasteiger partial charge in [0.25, 0.3) is 0 Å². The van der Waals surface area contributed by atoms with Gasteiger partial charge in [-0.3, -0.25) is 10.2 Å². The largest absolute Gasteiger partial charge is 0.451 e. The van der Waals surface area contributed by atoms with Crippen LogP contribution in [0, 0.1) is 0 Å². The number of hydrogen-bond donors (Lipinski definition) is 2. The summed E-state index contributed by atoms with van der Waals surface area (Å²) in [6.45, 7) is 1.64. The second kappa shape index (κ2) is 6.51. The van der Waals surface area contributed by atoms with Gasteiger partial charge in [-0.25, -0.2) is 5.84 Å². The number of para-hydroxylation sites is 1. The van der Waals surface area contributed by atoms with Gasteiger partial charge in [0.15, 0.2) is 5.76 Å². The molecule has 1 saturated heterocycles. The number of nitrogens with two attached hydrogens (primary N) is 1. The molecule has 1 aliphatic heterocycles.